The first-order chi connectivity index (χ1) is 11.4. The zero-order valence-corrected chi connectivity index (χ0v) is 14.8. The molecule has 0 N–H and O–H groups in total. The predicted octanol–water partition coefficient (Wildman–Crippen LogP) is 0.896. The molecule has 2 aromatic heterocycles. The van der Waals surface area contributed by atoms with Crippen LogP contribution in [0.15, 0.2) is 85.3 Å². The number of hydrogen-bond acceptors (Lipinski definition) is 1. The number of benzene rings is 2. The van der Waals surface area contributed by atoms with Gasteiger partial charge in [0.05, 0.1) is 13.3 Å². The van der Waals surface area contributed by atoms with E-state index >= 15 is 0 Å². The molecule has 0 fully saturated rings. The highest BCUT2D eigenvalue weighted by atomic mass is 79.9. The highest BCUT2D eigenvalue weighted by molar-refractivity contribution is 5.76. The molecule has 2 heterocycles. The number of nitrogens with zero attached hydrogens (tertiary/aromatic N) is 2. The third kappa shape index (κ3) is 2.81. The van der Waals surface area contributed by atoms with Gasteiger partial charge in [0.1, 0.15) is 11.4 Å². The molecular weight excluding hydrogens is 364 g/mol. The molecule has 0 aliphatic carbocycles. The summed E-state index contributed by atoms with van der Waals surface area (Å²) in [6.45, 7) is 0. The van der Waals surface area contributed by atoms with Crippen molar-refractivity contribution in [3.8, 4) is 22.7 Å². The minimum atomic E-state index is 0. The van der Waals surface area contributed by atoms with Crippen molar-refractivity contribution >= 4 is 5.52 Å². The van der Waals surface area contributed by atoms with Gasteiger partial charge in [0, 0.05) is 5.56 Å². The highest BCUT2D eigenvalue weighted by Crippen LogP contribution is 2.27. The molecule has 0 atom stereocenters. The summed E-state index contributed by atoms with van der Waals surface area (Å²) in [5.41, 5.74) is 4.65. The van der Waals surface area contributed by atoms with Crippen molar-refractivity contribution < 1.29 is 26.1 Å². The van der Waals surface area contributed by atoms with Crippen LogP contribution >= 0.6 is 0 Å². The van der Waals surface area contributed by atoms with Crippen LogP contribution in [0.4, 0.5) is 0 Å². The first-order valence-electron chi connectivity index (χ1n) is 7.58. The topological polar surface area (TPSA) is 18.3 Å². The molecule has 4 heteroatoms. The Morgan fingerprint density at radius 2 is 1.54 bits per heavy atom. The van der Waals surface area contributed by atoms with E-state index in [-0.39, 0.29) is 17.0 Å². The monoisotopic (exact) mass is 380 g/mol. The van der Waals surface area contributed by atoms with Crippen LogP contribution < -0.4 is 26.1 Å². The minimum Gasteiger partial charge on any atom is -1.00 e. The van der Waals surface area contributed by atoms with Crippen molar-refractivity contribution in [1.29, 1.82) is 0 Å². The van der Waals surface area contributed by atoms with Crippen LogP contribution in [-0.4, -0.2) is 11.7 Å². The van der Waals surface area contributed by atoms with E-state index in [0.717, 1.165) is 11.4 Å². The molecule has 3 nitrogen and oxygen atoms in total. The molecular formula is C20H17BrN2O. The molecule has 0 saturated carbocycles. The van der Waals surface area contributed by atoms with Gasteiger partial charge in [0.25, 0.3) is 6.33 Å². The average Bonchev–Trinajstić information content (AvgIpc) is 3.02. The fraction of sp³-hybridized carbons (Fsp3) is 0.0500. The van der Waals surface area contributed by atoms with Crippen LogP contribution in [0.2, 0.25) is 0 Å². The molecule has 0 aliphatic heterocycles. The van der Waals surface area contributed by atoms with Crippen molar-refractivity contribution in [2.24, 2.45) is 0 Å². The Labute approximate surface area is 151 Å². The van der Waals surface area contributed by atoms with E-state index in [1.807, 2.05) is 24.3 Å². The number of fused-ring (bicyclic) bond motifs is 1. The van der Waals surface area contributed by atoms with Gasteiger partial charge in [0.15, 0.2) is 11.2 Å². The lowest BCUT2D eigenvalue weighted by molar-refractivity contribution is -0.511. The molecule has 0 spiro atoms. The van der Waals surface area contributed by atoms with Gasteiger partial charge in [-0.15, -0.1) is 0 Å². The van der Waals surface area contributed by atoms with Crippen molar-refractivity contribution in [2.75, 3.05) is 7.11 Å². The van der Waals surface area contributed by atoms with Crippen LogP contribution in [0, 0.1) is 0 Å². The molecule has 2 aromatic carbocycles. The molecule has 0 radical (unpaired) electrons. The van der Waals surface area contributed by atoms with Crippen molar-refractivity contribution in [3.05, 3.63) is 85.3 Å². The number of methoxy groups -OCH3 is 1. The molecule has 24 heavy (non-hydrogen) atoms. The Bertz CT molecular complexity index is 946. The molecule has 0 aliphatic rings. The van der Waals surface area contributed by atoms with Gasteiger partial charge in [-0.25, -0.2) is 4.40 Å². The number of pyridine rings is 1. The summed E-state index contributed by atoms with van der Waals surface area (Å²) in [6.07, 6.45) is 4.18. The van der Waals surface area contributed by atoms with Gasteiger partial charge in [0.2, 0.25) is 0 Å². The van der Waals surface area contributed by atoms with Gasteiger partial charge in [-0.2, -0.15) is 4.57 Å². The largest absolute Gasteiger partial charge is 1.00 e. The van der Waals surface area contributed by atoms with Crippen molar-refractivity contribution in [1.82, 2.24) is 4.57 Å². The number of halogens is 1. The third-order valence-electron chi connectivity index (χ3n) is 4.01. The van der Waals surface area contributed by atoms with E-state index in [1.54, 1.807) is 7.11 Å². The quantitative estimate of drug-likeness (QED) is 0.483. The summed E-state index contributed by atoms with van der Waals surface area (Å²) >= 11 is 0. The lowest BCUT2D eigenvalue weighted by Crippen LogP contribution is -3.00. The molecule has 0 amide bonds. The van der Waals surface area contributed by atoms with Gasteiger partial charge < -0.3 is 21.7 Å². The molecule has 0 saturated heterocycles. The van der Waals surface area contributed by atoms with E-state index in [9.17, 15) is 0 Å². The lowest BCUT2D eigenvalue weighted by Gasteiger charge is -2.03. The summed E-state index contributed by atoms with van der Waals surface area (Å²) in [5, 5.41) is 0. The van der Waals surface area contributed by atoms with Gasteiger partial charge in [-0.1, -0.05) is 36.4 Å². The Morgan fingerprint density at radius 1 is 0.833 bits per heavy atom. The Kier molecular flexibility index (Phi) is 4.67. The molecule has 4 rings (SSSR count). The average molecular weight is 381 g/mol. The van der Waals surface area contributed by atoms with E-state index in [1.165, 1.54) is 16.8 Å². The second-order valence-corrected chi connectivity index (χ2v) is 5.39. The van der Waals surface area contributed by atoms with E-state index in [0.29, 0.717) is 0 Å². The van der Waals surface area contributed by atoms with Crippen LogP contribution in [0.25, 0.3) is 22.5 Å². The first kappa shape index (κ1) is 16.3. The molecule has 0 unspecified atom stereocenters. The van der Waals surface area contributed by atoms with E-state index in [4.69, 9.17) is 4.74 Å². The van der Waals surface area contributed by atoms with Crippen LogP contribution in [0.3, 0.4) is 0 Å². The fourth-order valence-electron chi connectivity index (χ4n) is 2.88. The maximum Gasteiger partial charge on any atom is 0.254 e. The number of rotatable bonds is 3. The Balaban J connectivity index is 0.00000169. The second kappa shape index (κ2) is 6.89. The molecule has 120 valence electrons. The summed E-state index contributed by atoms with van der Waals surface area (Å²) in [6, 6.07) is 24.8. The SMILES string of the molecule is COc1ccc(-n2c[n+]3ccccc3c2-c2ccccc2)cc1.[Br-]. The van der Waals surface area contributed by atoms with Crippen LogP contribution in [-0.2, 0) is 0 Å². The zero-order valence-electron chi connectivity index (χ0n) is 13.3. The van der Waals surface area contributed by atoms with E-state index < -0.39 is 0 Å². The summed E-state index contributed by atoms with van der Waals surface area (Å²) in [7, 11) is 1.68. The second-order valence-electron chi connectivity index (χ2n) is 5.39. The Hall–Kier alpha value is -2.59. The van der Waals surface area contributed by atoms with Gasteiger partial charge in [-0.05, 0) is 36.4 Å². The Morgan fingerprint density at radius 3 is 2.25 bits per heavy atom. The fourth-order valence-corrected chi connectivity index (χ4v) is 2.88. The van der Waals surface area contributed by atoms with E-state index in [2.05, 4.69) is 70.0 Å². The van der Waals surface area contributed by atoms with Crippen LogP contribution in [0.5, 0.6) is 5.75 Å². The highest BCUT2D eigenvalue weighted by Gasteiger charge is 2.20. The summed E-state index contributed by atoms with van der Waals surface area (Å²) < 4.78 is 9.62. The van der Waals surface area contributed by atoms with Gasteiger partial charge in [-0.3, -0.25) is 0 Å². The number of hydrogen-bond donors (Lipinski definition) is 0. The zero-order chi connectivity index (χ0) is 15.6. The third-order valence-corrected chi connectivity index (χ3v) is 4.01. The van der Waals surface area contributed by atoms with Gasteiger partial charge >= 0.3 is 0 Å². The smallest absolute Gasteiger partial charge is 0.254 e. The maximum atomic E-state index is 5.26. The normalized spacial score (nSPS) is 10.4. The van der Waals surface area contributed by atoms with Crippen LogP contribution in [0.1, 0.15) is 0 Å². The summed E-state index contributed by atoms with van der Waals surface area (Å²) in [4.78, 5) is 0. The standard InChI is InChI=1S/C20H17N2O.BrH/c1-23-18-12-10-17(11-13-18)22-15-21-14-6-5-9-19(21)20(22)16-7-3-2-4-8-16;/h2-15H,1H3;1H/q+1;/p-1. The lowest BCUT2D eigenvalue weighted by atomic mass is 10.1. The predicted molar refractivity (Wildman–Crippen MR) is 90.9 cm³/mol. The molecule has 0 bridgehead atoms. The minimum absolute atomic E-state index is 0. The van der Waals surface area contributed by atoms with Crippen molar-refractivity contribution in [3.63, 3.8) is 0 Å². The number of ether oxygens (including phenoxy) is 1. The summed E-state index contributed by atoms with van der Waals surface area (Å²) in [5.74, 6) is 0.861. The number of imidazole rings is 1. The van der Waals surface area contributed by atoms with Crippen molar-refractivity contribution in [2.45, 2.75) is 0 Å². The molecule has 4 aromatic rings. The number of aromatic nitrogens is 2. The first-order valence-corrected chi connectivity index (χ1v) is 7.58. The maximum absolute atomic E-state index is 5.26.